The molecule has 2 rings (SSSR count). The topological polar surface area (TPSA) is 43.8 Å². The van der Waals surface area contributed by atoms with Crippen molar-refractivity contribution in [3.8, 4) is 0 Å². The molecule has 3 nitrogen and oxygen atoms in total. The average molecular weight is 207 g/mol. The minimum atomic E-state index is 0.0856. The maximum atomic E-state index is 6.34. The van der Waals surface area contributed by atoms with Gasteiger partial charge in [-0.05, 0) is 24.2 Å². The Labute approximate surface area is 91.7 Å². The normalized spacial score (nSPS) is 26.8. The molecule has 0 radical (unpaired) electrons. The van der Waals surface area contributed by atoms with Crippen molar-refractivity contribution in [2.75, 3.05) is 0 Å². The predicted molar refractivity (Wildman–Crippen MR) is 61.3 cm³/mol. The molecule has 15 heavy (non-hydrogen) atoms. The molecule has 0 spiro atoms. The molecule has 2 unspecified atom stereocenters. The molecule has 0 bridgehead atoms. The largest absolute Gasteiger partial charge is 0.337 e. The first-order valence-electron chi connectivity index (χ1n) is 5.75. The highest BCUT2D eigenvalue weighted by molar-refractivity contribution is 5.04. The lowest BCUT2D eigenvalue weighted by molar-refractivity contribution is 0.215. The van der Waals surface area contributed by atoms with Gasteiger partial charge in [0.2, 0.25) is 0 Å². The van der Waals surface area contributed by atoms with Gasteiger partial charge in [0.05, 0.1) is 6.04 Å². The second-order valence-corrected chi connectivity index (χ2v) is 5.41. The Morgan fingerprint density at radius 3 is 2.80 bits per heavy atom. The van der Waals surface area contributed by atoms with Gasteiger partial charge in [-0.2, -0.15) is 0 Å². The Hall–Kier alpha value is -0.830. The maximum absolute atomic E-state index is 6.34. The molecule has 0 aliphatic heterocycles. The molecule has 1 saturated carbocycles. The number of nitrogens with two attached hydrogens (primary N) is 1. The van der Waals surface area contributed by atoms with Crippen LogP contribution in [0.15, 0.2) is 12.4 Å². The third kappa shape index (κ3) is 1.81. The molecule has 84 valence electrons. The monoisotopic (exact) mass is 207 g/mol. The van der Waals surface area contributed by atoms with E-state index in [1.807, 2.05) is 24.0 Å². The number of rotatable bonds is 2. The zero-order chi connectivity index (χ0) is 11.1. The minimum absolute atomic E-state index is 0.0856. The van der Waals surface area contributed by atoms with Crippen LogP contribution in [0.1, 0.15) is 45.0 Å². The highest BCUT2D eigenvalue weighted by atomic mass is 15.1. The number of aromatic nitrogens is 2. The number of hydrogen-bond donors (Lipinski definition) is 1. The molecule has 3 heteroatoms. The molecule has 1 heterocycles. The van der Waals surface area contributed by atoms with E-state index >= 15 is 0 Å². The quantitative estimate of drug-likeness (QED) is 0.808. The van der Waals surface area contributed by atoms with Crippen LogP contribution >= 0.6 is 0 Å². The molecule has 0 amide bonds. The van der Waals surface area contributed by atoms with E-state index in [-0.39, 0.29) is 6.04 Å². The lowest BCUT2D eigenvalue weighted by Gasteiger charge is -2.31. The van der Waals surface area contributed by atoms with E-state index < -0.39 is 0 Å². The van der Waals surface area contributed by atoms with Gasteiger partial charge < -0.3 is 10.3 Å². The summed E-state index contributed by atoms with van der Waals surface area (Å²) in [7, 11) is 2.02. The van der Waals surface area contributed by atoms with Crippen molar-refractivity contribution < 1.29 is 0 Å². The second-order valence-electron chi connectivity index (χ2n) is 5.41. The third-order valence-corrected chi connectivity index (χ3v) is 3.93. The molecular weight excluding hydrogens is 186 g/mol. The first-order valence-corrected chi connectivity index (χ1v) is 5.75. The van der Waals surface area contributed by atoms with Crippen LogP contribution in [0.4, 0.5) is 0 Å². The van der Waals surface area contributed by atoms with E-state index in [9.17, 15) is 0 Å². The van der Waals surface area contributed by atoms with Crippen molar-refractivity contribution >= 4 is 0 Å². The SMILES string of the molecule is Cn1ccnc1C(N)C1CCCC1(C)C. The van der Waals surface area contributed by atoms with Gasteiger partial charge in [-0.1, -0.05) is 20.3 Å². The fourth-order valence-electron chi connectivity index (χ4n) is 2.90. The maximum Gasteiger partial charge on any atom is 0.125 e. The van der Waals surface area contributed by atoms with E-state index in [1.165, 1.54) is 19.3 Å². The van der Waals surface area contributed by atoms with Crippen LogP contribution in [0.2, 0.25) is 0 Å². The van der Waals surface area contributed by atoms with Gasteiger partial charge in [-0.25, -0.2) is 4.98 Å². The molecule has 1 aliphatic rings. The van der Waals surface area contributed by atoms with Crippen LogP contribution in [-0.2, 0) is 7.05 Å². The van der Waals surface area contributed by atoms with Crippen molar-refractivity contribution in [1.29, 1.82) is 0 Å². The summed E-state index contributed by atoms with van der Waals surface area (Å²) in [4.78, 5) is 4.36. The van der Waals surface area contributed by atoms with Crippen LogP contribution < -0.4 is 5.73 Å². The smallest absolute Gasteiger partial charge is 0.125 e. The van der Waals surface area contributed by atoms with E-state index in [0.717, 1.165) is 5.82 Å². The summed E-state index contributed by atoms with van der Waals surface area (Å²) in [5.74, 6) is 1.59. The summed E-state index contributed by atoms with van der Waals surface area (Å²) in [5.41, 5.74) is 6.70. The number of nitrogens with zero attached hydrogens (tertiary/aromatic N) is 2. The van der Waals surface area contributed by atoms with E-state index in [0.29, 0.717) is 11.3 Å². The number of hydrogen-bond acceptors (Lipinski definition) is 2. The molecule has 1 aromatic rings. The van der Waals surface area contributed by atoms with Crippen molar-refractivity contribution in [3.63, 3.8) is 0 Å². The lowest BCUT2D eigenvalue weighted by Crippen LogP contribution is -2.31. The zero-order valence-electron chi connectivity index (χ0n) is 9.90. The van der Waals surface area contributed by atoms with Crippen LogP contribution in [0.5, 0.6) is 0 Å². The van der Waals surface area contributed by atoms with Crippen molar-refractivity contribution in [2.45, 2.75) is 39.2 Å². The van der Waals surface area contributed by atoms with Crippen LogP contribution in [0, 0.1) is 11.3 Å². The first-order chi connectivity index (χ1) is 7.02. The highest BCUT2D eigenvalue weighted by Crippen LogP contribution is 2.47. The van der Waals surface area contributed by atoms with Crippen LogP contribution in [0.3, 0.4) is 0 Å². The Morgan fingerprint density at radius 2 is 2.33 bits per heavy atom. The summed E-state index contributed by atoms with van der Waals surface area (Å²) >= 11 is 0. The van der Waals surface area contributed by atoms with Gasteiger partial charge in [-0.3, -0.25) is 0 Å². The fourth-order valence-corrected chi connectivity index (χ4v) is 2.90. The average Bonchev–Trinajstić information content (AvgIpc) is 2.70. The Balaban J connectivity index is 2.21. The molecule has 1 aromatic heterocycles. The summed E-state index contributed by atoms with van der Waals surface area (Å²) < 4.78 is 2.04. The Bertz CT molecular complexity index is 340. The molecule has 2 atom stereocenters. The second kappa shape index (κ2) is 3.63. The van der Waals surface area contributed by atoms with Crippen molar-refractivity contribution in [1.82, 2.24) is 9.55 Å². The zero-order valence-corrected chi connectivity index (χ0v) is 9.90. The summed E-state index contributed by atoms with van der Waals surface area (Å²) in [5, 5.41) is 0. The predicted octanol–water partition coefficient (Wildman–Crippen LogP) is 2.25. The van der Waals surface area contributed by atoms with Gasteiger partial charge >= 0.3 is 0 Å². The van der Waals surface area contributed by atoms with E-state index in [1.54, 1.807) is 0 Å². The molecule has 0 saturated heterocycles. The van der Waals surface area contributed by atoms with Gasteiger partial charge in [0.25, 0.3) is 0 Å². The van der Waals surface area contributed by atoms with Crippen molar-refractivity contribution in [2.24, 2.45) is 24.1 Å². The molecular formula is C12H21N3. The fraction of sp³-hybridized carbons (Fsp3) is 0.750. The van der Waals surface area contributed by atoms with Crippen molar-refractivity contribution in [3.05, 3.63) is 18.2 Å². The van der Waals surface area contributed by atoms with E-state index in [4.69, 9.17) is 5.73 Å². The van der Waals surface area contributed by atoms with Crippen LogP contribution in [-0.4, -0.2) is 9.55 Å². The highest BCUT2D eigenvalue weighted by Gasteiger charge is 2.39. The minimum Gasteiger partial charge on any atom is -0.337 e. The van der Waals surface area contributed by atoms with E-state index in [2.05, 4.69) is 18.8 Å². The van der Waals surface area contributed by atoms with Gasteiger partial charge in [0.15, 0.2) is 0 Å². The summed E-state index contributed by atoms with van der Waals surface area (Å²) in [6.07, 6.45) is 7.63. The first kappa shape index (κ1) is 10.7. The Morgan fingerprint density at radius 1 is 1.60 bits per heavy atom. The third-order valence-electron chi connectivity index (χ3n) is 3.93. The summed E-state index contributed by atoms with van der Waals surface area (Å²) in [6, 6.07) is 0.0856. The summed E-state index contributed by atoms with van der Waals surface area (Å²) in [6.45, 7) is 4.65. The van der Waals surface area contributed by atoms with Gasteiger partial charge in [0, 0.05) is 19.4 Å². The molecule has 2 N–H and O–H groups in total. The molecule has 1 aliphatic carbocycles. The lowest BCUT2D eigenvalue weighted by atomic mass is 9.77. The molecule has 0 aromatic carbocycles. The van der Waals surface area contributed by atoms with Crippen LogP contribution in [0.25, 0.3) is 0 Å². The Kier molecular flexibility index (Phi) is 2.59. The number of imidazole rings is 1. The van der Waals surface area contributed by atoms with Gasteiger partial charge in [0.1, 0.15) is 5.82 Å². The standard InChI is InChI=1S/C12H21N3/c1-12(2)6-4-5-9(12)10(13)11-14-7-8-15(11)3/h7-10H,4-6,13H2,1-3H3. The van der Waals surface area contributed by atoms with Gasteiger partial charge in [-0.15, -0.1) is 0 Å². The number of aryl methyl sites for hydroxylation is 1. The molecule has 1 fully saturated rings.